The zero-order valence-corrected chi connectivity index (χ0v) is 15.3. The molecule has 0 aliphatic heterocycles. The van der Waals surface area contributed by atoms with Crippen molar-refractivity contribution in [3.63, 3.8) is 0 Å². The summed E-state index contributed by atoms with van der Waals surface area (Å²) >= 11 is 0. The first-order chi connectivity index (χ1) is 13.1. The van der Waals surface area contributed by atoms with Crippen molar-refractivity contribution in [1.82, 2.24) is 4.40 Å². The van der Waals surface area contributed by atoms with Gasteiger partial charge in [-0.2, -0.15) is 0 Å². The van der Waals surface area contributed by atoms with Gasteiger partial charge in [-0.15, -0.1) is 0 Å². The van der Waals surface area contributed by atoms with Crippen LogP contribution in [-0.2, 0) is 4.79 Å². The van der Waals surface area contributed by atoms with E-state index in [1.165, 1.54) is 29.2 Å². The molecule has 0 spiro atoms. The van der Waals surface area contributed by atoms with Crippen LogP contribution < -0.4 is 0 Å². The molecular formula is C24H20FNO. The van der Waals surface area contributed by atoms with Gasteiger partial charge in [0, 0.05) is 17.1 Å². The van der Waals surface area contributed by atoms with E-state index in [9.17, 15) is 9.18 Å². The Morgan fingerprint density at radius 1 is 1.00 bits per heavy atom. The summed E-state index contributed by atoms with van der Waals surface area (Å²) in [7, 11) is 0. The maximum absolute atomic E-state index is 13.5. The van der Waals surface area contributed by atoms with Crippen LogP contribution in [0.5, 0.6) is 0 Å². The second-order valence-electron chi connectivity index (χ2n) is 6.95. The zero-order valence-electron chi connectivity index (χ0n) is 15.3. The van der Waals surface area contributed by atoms with Gasteiger partial charge in [0.05, 0.1) is 11.2 Å². The predicted molar refractivity (Wildman–Crippen MR) is 109 cm³/mol. The van der Waals surface area contributed by atoms with E-state index in [4.69, 9.17) is 0 Å². The lowest BCUT2D eigenvalue weighted by molar-refractivity contribution is -0.104. The minimum Gasteiger partial charge on any atom is -0.315 e. The normalized spacial score (nSPS) is 11.9. The van der Waals surface area contributed by atoms with E-state index in [2.05, 4.69) is 42.6 Å². The van der Waals surface area contributed by atoms with E-state index < -0.39 is 0 Å². The van der Waals surface area contributed by atoms with E-state index in [1.54, 1.807) is 12.1 Å². The fourth-order valence-corrected chi connectivity index (χ4v) is 3.85. The molecule has 27 heavy (non-hydrogen) atoms. The number of rotatable bonds is 4. The molecule has 0 aliphatic carbocycles. The first-order valence-electron chi connectivity index (χ1n) is 9.05. The largest absolute Gasteiger partial charge is 0.315 e. The molecule has 4 rings (SSSR count). The van der Waals surface area contributed by atoms with Gasteiger partial charge in [0.1, 0.15) is 12.1 Å². The van der Waals surface area contributed by atoms with Gasteiger partial charge in [0.2, 0.25) is 0 Å². The molecule has 0 aliphatic rings. The Labute approximate surface area is 157 Å². The molecule has 2 aromatic carbocycles. The van der Waals surface area contributed by atoms with Crippen LogP contribution in [-0.4, -0.2) is 10.7 Å². The van der Waals surface area contributed by atoms with Crippen molar-refractivity contribution in [2.24, 2.45) is 0 Å². The van der Waals surface area contributed by atoms with Crippen LogP contribution >= 0.6 is 0 Å². The molecule has 0 atom stereocenters. The second kappa shape index (κ2) is 6.84. The van der Waals surface area contributed by atoms with Gasteiger partial charge >= 0.3 is 0 Å². The van der Waals surface area contributed by atoms with Crippen molar-refractivity contribution in [3.8, 4) is 11.3 Å². The van der Waals surface area contributed by atoms with Crippen LogP contribution in [0.1, 0.15) is 30.9 Å². The van der Waals surface area contributed by atoms with Crippen molar-refractivity contribution >= 4 is 28.7 Å². The van der Waals surface area contributed by atoms with E-state index in [1.807, 2.05) is 18.2 Å². The van der Waals surface area contributed by atoms with Crippen LogP contribution in [0.2, 0.25) is 0 Å². The van der Waals surface area contributed by atoms with Crippen molar-refractivity contribution < 1.29 is 9.18 Å². The summed E-state index contributed by atoms with van der Waals surface area (Å²) in [5.41, 5.74) is 5.20. The summed E-state index contributed by atoms with van der Waals surface area (Å²) in [4.78, 5) is 11.0. The molecule has 2 heterocycles. The van der Waals surface area contributed by atoms with E-state index in [0.29, 0.717) is 0 Å². The Bertz CT molecular complexity index is 1170. The molecule has 2 nitrogen and oxygen atoms in total. The van der Waals surface area contributed by atoms with Gasteiger partial charge in [-0.1, -0.05) is 38.1 Å². The minimum atomic E-state index is -0.265. The maximum atomic E-state index is 13.5. The number of carbonyl (C=O) groups is 1. The van der Waals surface area contributed by atoms with Crippen LogP contribution in [0.15, 0.2) is 66.9 Å². The van der Waals surface area contributed by atoms with E-state index in [-0.39, 0.29) is 11.7 Å². The lowest BCUT2D eigenvalue weighted by Gasteiger charge is -2.08. The van der Waals surface area contributed by atoms with Gasteiger partial charge in [0.15, 0.2) is 0 Å². The topological polar surface area (TPSA) is 21.5 Å². The lowest BCUT2D eigenvalue weighted by Crippen LogP contribution is -1.91. The minimum absolute atomic E-state index is 0.256. The number of aromatic nitrogens is 1. The summed E-state index contributed by atoms with van der Waals surface area (Å²) in [5.74, 6) is -0.00886. The Morgan fingerprint density at radius 2 is 1.74 bits per heavy atom. The number of pyridine rings is 1. The van der Waals surface area contributed by atoms with Gasteiger partial charge in [-0.3, -0.25) is 4.79 Å². The summed E-state index contributed by atoms with van der Waals surface area (Å²) in [6, 6.07) is 16.9. The average Bonchev–Trinajstić information content (AvgIpc) is 3.01. The number of benzene rings is 2. The van der Waals surface area contributed by atoms with E-state index >= 15 is 0 Å². The monoisotopic (exact) mass is 357 g/mol. The zero-order chi connectivity index (χ0) is 19.0. The van der Waals surface area contributed by atoms with Crippen LogP contribution in [0.3, 0.4) is 0 Å². The molecule has 0 radical (unpaired) electrons. The number of halogens is 1. The fraction of sp³-hybridized carbons (Fsp3) is 0.125. The highest BCUT2D eigenvalue weighted by atomic mass is 19.1. The third kappa shape index (κ3) is 2.85. The molecular weight excluding hydrogens is 337 g/mol. The highest BCUT2D eigenvalue weighted by Crippen LogP contribution is 2.39. The maximum Gasteiger partial charge on any atom is 0.142 e. The number of nitrogens with zero attached hydrogens (tertiary/aromatic N) is 1. The number of carbonyl (C=O) groups excluding carboxylic acids is 1. The quantitative estimate of drug-likeness (QED) is 0.313. The smallest absolute Gasteiger partial charge is 0.142 e. The van der Waals surface area contributed by atoms with Gasteiger partial charge in [-0.05, 0) is 64.9 Å². The fourth-order valence-electron chi connectivity index (χ4n) is 3.85. The number of aldehydes is 1. The van der Waals surface area contributed by atoms with Crippen LogP contribution in [0, 0.1) is 5.82 Å². The van der Waals surface area contributed by atoms with Crippen molar-refractivity contribution in [2.75, 3.05) is 0 Å². The molecule has 0 saturated carbocycles. The molecule has 0 fully saturated rings. The molecule has 0 N–H and O–H groups in total. The van der Waals surface area contributed by atoms with Crippen molar-refractivity contribution in [1.29, 1.82) is 0 Å². The first-order valence-corrected chi connectivity index (χ1v) is 9.05. The van der Waals surface area contributed by atoms with Crippen LogP contribution in [0.25, 0.3) is 33.6 Å². The number of hydrogen-bond donors (Lipinski definition) is 0. The highest BCUT2D eigenvalue weighted by molar-refractivity contribution is 6.02. The molecule has 4 aromatic rings. The van der Waals surface area contributed by atoms with Crippen molar-refractivity contribution in [2.45, 2.75) is 19.8 Å². The first kappa shape index (κ1) is 17.2. The summed E-state index contributed by atoms with van der Waals surface area (Å²) in [6.45, 7) is 4.31. The van der Waals surface area contributed by atoms with Gasteiger partial charge in [-0.25, -0.2) is 4.39 Å². The van der Waals surface area contributed by atoms with Crippen LogP contribution in [0.4, 0.5) is 4.39 Å². The third-order valence-electron chi connectivity index (χ3n) is 4.94. The summed E-state index contributed by atoms with van der Waals surface area (Å²) < 4.78 is 15.7. The summed E-state index contributed by atoms with van der Waals surface area (Å²) in [5, 5.41) is 2.33. The predicted octanol–water partition coefficient (Wildman–Crippen LogP) is 6.23. The second-order valence-corrected chi connectivity index (χ2v) is 6.95. The Balaban J connectivity index is 2.20. The molecule has 0 saturated heterocycles. The molecule has 0 bridgehead atoms. The number of fused-ring (bicyclic) bond motifs is 3. The Kier molecular flexibility index (Phi) is 4.36. The number of hydrogen-bond acceptors (Lipinski definition) is 1. The summed E-state index contributed by atoms with van der Waals surface area (Å²) in [6.07, 6.45) is 6.23. The third-order valence-corrected chi connectivity index (χ3v) is 4.94. The molecule has 0 unspecified atom stereocenters. The molecule has 2 aromatic heterocycles. The van der Waals surface area contributed by atoms with Gasteiger partial charge < -0.3 is 4.40 Å². The highest BCUT2D eigenvalue weighted by Gasteiger charge is 2.21. The van der Waals surface area contributed by atoms with Gasteiger partial charge in [0.25, 0.3) is 0 Å². The molecule has 0 amide bonds. The molecule has 134 valence electrons. The Morgan fingerprint density at radius 3 is 2.44 bits per heavy atom. The molecule has 3 heteroatoms. The number of allylic oxidation sites excluding steroid dienone is 1. The average molecular weight is 357 g/mol. The lowest BCUT2D eigenvalue weighted by atomic mass is 9.95. The van der Waals surface area contributed by atoms with Crippen molar-refractivity contribution in [3.05, 3.63) is 83.8 Å². The van der Waals surface area contributed by atoms with E-state index in [0.717, 1.165) is 34.0 Å². The SMILES string of the molecule is CC(C)c1c(/C=C/C=O)c(-c2ccc(F)cc2)n2ccc3ccccc3c12. The Hall–Kier alpha value is -3.20. The standard InChI is InChI=1S/C24H20FNO/c1-16(2)22-21(8-5-15-27)23(18-9-11-19(25)12-10-18)26-14-13-17-6-3-4-7-20(17)24(22)26/h3-16H,1-2H3/b8-5+.